The van der Waals surface area contributed by atoms with E-state index in [4.69, 9.17) is 27.9 Å². The fourth-order valence-corrected chi connectivity index (χ4v) is 3.35. The molecule has 0 unspecified atom stereocenters. The van der Waals surface area contributed by atoms with Crippen molar-refractivity contribution in [3.05, 3.63) is 105 Å². The summed E-state index contributed by atoms with van der Waals surface area (Å²) in [6.07, 6.45) is -3.33. The van der Waals surface area contributed by atoms with E-state index in [1.165, 1.54) is 12.1 Å². The van der Waals surface area contributed by atoms with Gasteiger partial charge in [-0.25, -0.2) is 0 Å². The molecule has 0 bridgehead atoms. The number of carbonyl (C=O) groups excluding carboxylic acids is 1. The van der Waals surface area contributed by atoms with Gasteiger partial charge in [0, 0.05) is 26.7 Å². The molecule has 32 heavy (non-hydrogen) atoms. The van der Waals surface area contributed by atoms with Crippen molar-refractivity contribution in [2.75, 3.05) is 0 Å². The molecule has 3 aromatic carbocycles. The molecule has 0 saturated carbocycles. The van der Waals surface area contributed by atoms with Crippen molar-refractivity contribution < 1.29 is 22.7 Å². The van der Waals surface area contributed by atoms with Crippen LogP contribution >= 0.6 is 23.2 Å². The summed E-state index contributed by atoms with van der Waals surface area (Å²) in [6.45, 7) is 0.0345. The maximum absolute atomic E-state index is 13.0. The Morgan fingerprint density at radius 1 is 1.00 bits per heavy atom. The van der Waals surface area contributed by atoms with Crippen molar-refractivity contribution in [2.45, 2.75) is 12.8 Å². The second-order valence-electron chi connectivity index (χ2n) is 6.60. The van der Waals surface area contributed by atoms with Crippen LogP contribution in [-0.2, 0) is 12.8 Å². The fraction of sp³-hybridized carbons (Fsp3) is 0.0833. The first-order valence-corrected chi connectivity index (χ1v) is 9.95. The lowest BCUT2D eigenvalue weighted by Gasteiger charge is -2.12. The van der Waals surface area contributed by atoms with Crippen LogP contribution in [0, 0.1) is 11.3 Å². The highest BCUT2D eigenvalue weighted by Crippen LogP contribution is 2.31. The summed E-state index contributed by atoms with van der Waals surface area (Å²) in [5.74, 6) is -0.490. The number of Topliss-reactive ketones (excluding diaryl/α,β-unsaturated/α-hetero) is 1. The number of nitrogens with zero attached hydrogens (tertiary/aromatic N) is 1. The maximum Gasteiger partial charge on any atom is 0.416 e. The topological polar surface area (TPSA) is 50.1 Å². The third-order valence-electron chi connectivity index (χ3n) is 4.47. The van der Waals surface area contributed by atoms with Crippen molar-refractivity contribution in [1.82, 2.24) is 0 Å². The van der Waals surface area contributed by atoms with Crippen molar-refractivity contribution >= 4 is 35.1 Å². The van der Waals surface area contributed by atoms with Gasteiger partial charge in [0.15, 0.2) is 0 Å². The van der Waals surface area contributed by atoms with Crippen LogP contribution in [0.3, 0.4) is 0 Å². The zero-order chi connectivity index (χ0) is 23.3. The lowest BCUT2D eigenvalue weighted by atomic mass is 10.00. The van der Waals surface area contributed by atoms with Gasteiger partial charge in [-0.15, -0.1) is 0 Å². The number of halogens is 5. The van der Waals surface area contributed by atoms with Crippen LogP contribution in [0.1, 0.15) is 27.0 Å². The quantitative estimate of drug-likeness (QED) is 0.212. The summed E-state index contributed by atoms with van der Waals surface area (Å²) in [7, 11) is 0. The molecule has 0 saturated heterocycles. The van der Waals surface area contributed by atoms with Crippen LogP contribution in [0.4, 0.5) is 13.2 Å². The number of para-hydroxylation sites is 1. The van der Waals surface area contributed by atoms with Crippen LogP contribution < -0.4 is 4.74 Å². The third kappa shape index (κ3) is 5.50. The predicted molar refractivity (Wildman–Crippen MR) is 117 cm³/mol. The molecule has 0 heterocycles. The van der Waals surface area contributed by atoms with Crippen molar-refractivity contribution in [3.63, 3.8) is 0 Å². The van der Waals surface area contributed by atoms with Gasteiger partial charge in [0.05, 0.1) is 5.56 Å². The number of alkyl halides is 3. The van der Waals surface area contributed by atoms with Crippen LogP contribution in [0.25, 0.3) is 6.08 Å². The molecular weight excluding hydrogens is 462 g/mol. The number of ketones is 1. The maximum atomic E-state index is 13.0. The summed E-state index contributed by atoms with van der Waals surface area (Å²) in [5.41, 5.74) is -0.589. The van der Waals surface area contributed by atoms with Gasteiger partial charge in [0.1, 0.15) is 24.0 Å². The molecule has 3 aromatic rings. The van der Waals surface area contributed by atoms with E-state index in [1.807, 2.05) is 0 Å². The van der Waals surface area contributed by atoms with Gasteiger partial charge in [0.2, 0.25) is 5.78 Å². The van der Waals surface area contributed by atoms with E-state index >= 15 is 0 Å². The Labute approximate surface area is 192 Å². The summed E-state index contributed by atoms with van der Waals surface area (Å²) in [5, 5.41) is 10.3. The average molecular weight is 476 g/mol. The van der Waals surface area contributed by atoms with E-state index in [9.17, 15) is 23.2 Å². The second kappa shape index (κ2) is 9.90. The minimum absolute atomic E-state index is 0.0345. The van der Waals surface area contributed by atoms with Gasteiger partial charge in [-0.1, -0.05) is 59.6 Å². The Morgan fingerprint density at radius 3 is 2.31 bits per heavy atom. The first-order valence-electron chi connectivity index (χ1n) is 9.19. The molecule has 0 aromatic heterocycles. The van der Waals surface area contributed by atoms with Gasteiger partial charge < -0.3 is 4.74 Å². The highest BCUT2D eigenvalue weighted by Gasteiger charge is 2.31. The van der Waals surface area contributed by atoms with Gasteiger partial charge in [-0.3, -0.25) is 4.79 Å². The number of allylic oxidation sites excluding steroid dienone is 1. The molecule has 0 fully saturated rings. The van der Waals surface area contributed by atoms with E-state index in [2.05, 4.69) is 0 Å². The number of rotatable bonds is 6. The van der Waals surface area contributed by atoms with Crippen LogP contribution in [0.15, 0.2) is 72.3 Å². The summed E-state index contributed by atoms with van der Waals surface area (Å²) >= 11 is 12.3. The molecule has 0 spiro atoms. The van der Waals surface area contributed by atoms with E-state index in [1.54, 1.807) is 48.5 Å². The molecule has 0 radical (unpaired) electrons. The normalized spacial score (nSPS) is 11.7. The van der Waals surface area contributed by atoms with Gasteiger partial charge in [0.25, 0.3) is 0 Å². The zero-order valence-corrected chi connectivity index (χ0v) is 17.8. The molecule has 3 rings (SSSR count). The average Bonchev–Trinajstić information content (AvgIpc) is 2.77. The lowest BCUT2D eigenvalue weighted by Crippen LogP contribution is -2.08. The van der Waals surface area contributed by atoms with Gasteiger partial charge >= 0.3 is 6.18 Å². The molecular formula is C24H14Cl2F3NO2. The number of ether oxygens (including phenoxy) is 1. The number of hydrogen-bond donors (Lipinski definition) is 0. The smallest absolute Gasteiger partial charge is 0.416 e. The SMILES string of the molecule is N#C/C(=C/c1ccccc1OCc1c(Cl)cccc1Cl)C(=O)c1cccc(C(F)(F)F)c1. The molecule has 0 atom stereocenters. The molecule has 3 nitrogen and oxygen atoms in total. The van der Waals surface area contributed by atoms with Crippen LogP contribution in [0.2, 0.25) is 10.0 Å². The third-order valence-corrected chi connectivity index (χ3v) is 5.18. The van der Waals surface area contributed by atoms with E-state index in [-0.39, 0.29) is 17.7 Å². The van der Waals surface area contributed by atoms with Crippen LogP contribution in [0.5, 0.6) is 5.75 Å². The minimum Gasteiger partial charge on any atom is -0.488 e. The molecule has 0 aliphatic rings. The van der Waals surface area contributed by atoms with E-state index < -0.39 is 17.5 Å². The van der Waals surface area contributed by atoms with E-state index in [0.717, 1.165) is 18.2 Å². The Hall–Kier alpha value is -3.27. The first kappa shape index (κ1) is 23.4. The monoisotopic (exact) mass is 475 g/mol. The Bertz CT molecular complexity index is 1210. The highest BCUT2D eigenvalue weighted by atomic mass is 35.5. The van der Waals surface area contributed by atoms with Crippen molar-refractivity contribution in [3.8, 4) is 11.8 Å². The first-order chi connectivity index (χ1) is 15.2. The molecule has 8 heteroatoms. The second-order valence-corrected chi connectivity index (χ2v) is 7.42. The largest absolute Gasteiger partial charge is 0.488 e. The lowest BCUT2D eigenvalue weighted by molar-refractivity contribution is -0.137. The molecule has 0 aliphatic carbocycles. The fourth-order valence-electron chi connectivity index (χ4n) is 2.85. The molecule has 162 valence electrons. The Morgan fingerprint density at radius 2 is 1.66 bits per heavy atom. The standard InChI is InChI=1S/C24H14Cl2F3NO2/c25-20-8-4-9-21(26)19(20)14-32-22-10-2-1-5-15(22)11-17(13-30)23(31)16-6-3-7-18(12-16)24(27,28)29/h1-12H,14H2/b17-11-. The minimum atomic E-state index is -4.60. The molecule has 0 N–H and O–H groups in total. The molecule has 0 amide bonds. The highest BCUT2D eigenvalue weighted by molar-refractivity contribution is 6.35. The van der Waals surface area contributed by atoms with Crippen molar-refractivity contribution in [1.29, 1.82) is 5.26 Å². The predicted octanol–water partition coefficient (Wildman–Crippen LogP) is 7.38. The Kier molecular flexibility index (Phi) is 7.24. The van der Waals surface area contributed by atoms with Crippen molar-refractivity contribution in [2.24, 2.45) is 0 Å². The molecule has 0 aliphatic heterocycles. The van der Waals surface area contributed by atoms with Gasteiger partial charge in [-0.05, 0) is 36.4 Å². The zero-order valence-electron chi connectivity index (χ0n) is 16.3. The number of carbonyl (C=O) groups is 1. The van der Waals surface area contributed by atoms with Crippen LogP contribution in [-0.4, -0.2) is 5.78 Å². The summed E-state index contributed by atoms with van der Waals surface area (Å²) in [6, 6.07) is 17.3. The number of hydrogen-bond acceptors (Lipinski definition) is 3. The number of benzene rings is 3. The van der Waals surface area contributed by atoms with E-state index in [0.29, 0.717) is 26.9 Å². The Balaban J connectivity index is 1.90. The summed E-state index contributed by atoms with van der Waals surface area (Å²) < 4.78 is 44.7. The van der Waals surface area contributed by atoms with Gasteiger partial charge in [-0.2, -0.15) is 18.4 Å². The summed E-state index contributed by atoms with van der Waals surface area (Å²) in [4.78, 5) is 12.7. The number of nitriles is 1.